The van der Waals surface area contributed by atoms with Gasteiger partial charge in [-0.1, -0.05) is 20.8 Å². The molecular weight excluding hydrogens is 126 g/mol. The molecule has 0 spiro atoms. The van der Waals surface area contributed by atoms with E-state index in [1.807, 2.05) is 33.8 Å². The van der Waals surface area contributed by atoms with Gasteiger partial charge in [0.25, 0.3) is 0 Å². The van der Waals surface area contributed by atoms with Crippen molar-refractivity contribution in [3.63, 3.8) is 0 Å². The molecule has 0 atom stereocenters. The zero-order valence-electron chi connectivity index (χ0n) is 7.27. The smallest absolute Gasteiger partial charge is 0.173 e. The average molecular weight is 143 g/mol. The topological polar surface area (TPSA) is 33.1 Å². The van der Waals surface area contributed by atoms with Gasteiger partial charge in [-0.2, -0.15) is 0 Å². The van der Waals surface area contributed by atoms with Gasteiger partial charge in [0.05, 0.1) is 5.76 Å². The third kappa shape index (κ3) is 10.2. The van der Waals surface area contributed by atoms with Gasteiger partial charge in [-0.15, -0.1) is 0 Å². The molecule has 0 unspecified atom stereocenters. The van der Waals surface area contributed by atoms with Gasteiger partial charge in [-0.25, -0.2) is 0 Å². The minimum atomic E-state index is 0.794. The van der Waals surface area contributed by atoms with Crippen LogP contribution in [0.25, 0.3) is 0 Å². The minimum absolute atomic E-state index is 0.794. The highest BCUT2D eigenvalue weighted by Gasteiger charge is 1.79. The maximum absolute atomic E-state index is 6.52. The van der Waals surface area contributed by atoms with Crippen molar-refractivity contribution in [2.45, 2.75) is 34.1 Å². The van der Waals surface area contributed by atoms with Crippen LogP contribution in [-0.2, 0) is 4.74 Å². The molecule has 0 aliphatic heterocycles. The van der Waals surface area contributed by atoms with E-state index in [0.29, 0.717) is 0 Å². The van der Waals surface area contributed by atoms with Crippen LogP contribution < -0.4 is 0 Å². The molecular formula is C8H17NO. The predicted octanol–water partition coefficient (Wildman–Crippen LogP) is 2.95. The number of ether oxygens (including phenoxy) is 1. The van der Waals surface area contributed by atoms with E-state index in [2.05, 4.69) is 4.74 Å². The quantitative estimate of drug-likeness (QED) is 0.368. The summed E-state index contributed by atoms with van der Waals surface area (Å²) >= 11 is 0. The fourth-order valence-corrected chi connectivity index (χ4v) is 0.429. The lowest BCUT2D eigenvalue weighted by molar-refractivity contribution is 0.430. The second-order valence-corrected chi connectivity index (χ2v) is 1.46. The van der Waals surface area contributed by atoms with Crippen LogP contribution in [0.15, 0.2) is 11.8 Å². The molecule has 0 aromatic rings. The monoisotopic (exact) mass is 143 g/mol. The van der Waals surface area contributed by atoms with Crippen LogP contribution in [0, 0.1) is 5.41 Å². The van der Waals surface area contributed by atoms with Crippen molar-refractivity contribution in [3.05, 3.63) is 11.8 Å². The van der Waals surface area contributed by atoms with Gasteiger partial charge in [0.1, 0.15) is 0 Å². The van der Waals surface area contributed by atoms with Crippen molar-refractivity contribution >= 4 is 6.40 Å². The third-order valence-corrected chi connectivity index (χ3v) is 0.736. The van der Waals surface area contributed by atoms with Crippen LogP contribution in [0.1, 0.15) is 34.1 Å². The standard InChI is InChI=1S/C6H11NO.C2H6/c1-3-4-6(2)8-5-7;1-2/h4-5,7H,3H2,1-2H3;1-2H3/b6-4-,7-5?;. The molecule has 0 aromatic heterocycles. The first-order valence-corrected chi connectivity index (χ1v) is 3.63. The maximum atomic E-state index is 6.52. The zero-order valence-corrected chi connectivity index (χ0v) is 7.27. The van der Waals surface area contributed by atoms with Crippen molar-refractivity contribution < 1.29 is 4.74 Å². The Hall–Kier alpha value is -0.790. The number of hydrogen-bond donors (Lipinski definition) is 1. The van der Waals surface area contributed by atoms with Gasteiger partial charge < -0.3 is 4.74 Å². The van der Waals surface area contributed by atoms with E-state index in [9.17, 15) is 0 Å². The van der Waals surface area contributed by atoms with Gasteiger partial charge in [0, 0.05) is 0 Å². The summed E-state index contributed by atoms with van der Waals surface area (Å²) in [5.41, 5.74) is 0. The Labute approximate surface area is 63.4 Å². The molecule has 0 aromatic carbocycles. The first kappa shape index (κ1) is 11.9. The predicted molar refractivity (Wildman–Crippen MR) is 45.3 cm³/mol. The number of nitrogens with one attached hydrogen (secondary N) is 1. The maximum Gasteiger partial charge on any atom is 0.173 e. The molecule has 0 rings (SSSR count). The largest absolute Gasteiger partial charge is 0.451 e. The normalized spacial score (nSPS) is 9.40. The van der Waals surface area contributed by atoms with Crippen molar-refractivity contribution in [1.29, 1.82) is 5.41 Å². The highest BCUT2D eigenvalue weighted by Crippen LogP contribution is 1.93. The lowest BCUT2D eigenvalue weighted by Crippen LogP contribution is -1.81. The van der Waals surface area contributed by atoms with Gasteiger partial charge in [-0.3, -0.25) is 5.41 Å². The van der Waals surface area contributed by atoms with E-state index in [0.717, 1.165) is 18.6 Å². The van der Waals surface area contributed by atoms with Crippen molar-refractivity contribution in [1.82, 2.24) is 0 Å². The highest BCUT2D eigenvalue weighted by atomic mass is 16.5. The zero-order chi connectivity index (χ0) is 8.41. The van der Waals surface area contributed by atoms with E-state index in [4.69, 9.17) is 5.41 Å². The van der Waals surface area contributed by atoms with Crippen molar-refractivity contribution in [3.8, 4) is 0 Å². The molecule has 1 N–H and O–H groups in total. The summed E-state index contributed by atoms with van der Waals surface area (Å²) in [7, 11) is 0. The summed E-state index contributed by atoms with van der Waals surface area (Å²) < 4.78 is 4.68. The van der Waals surface area contributed by atoms with Crippen LogP contribution in [0.4, 0.5) is 0 Å². The van der Waals surface area contributed by atoms with E-state index >= 15 is 0 Å². The molecule has 60 valence electrons. The van der Waals surface area contributed by atoms with E-state index in [1.165, 1.54) is 0 Å². The Morgan fingerprint density at radius 1 is 1.50 bits per heavy atom. The van der Waals surface area contributed by atoms with Crippen LogP contribution in [0.2, 0.25) is 0 Å². The summed E-state index contributed by atoms with van der Waals surface area (Å²) in [4.78, 5) is 0. The van der Waals surface area contributed by atoms with Crippen molar-refractivity contribution in [2.75, 3.05) is 0 Å². The summed E-state index contributed by atoms with van der Waals surface area (Å²) in [6.45, 7) is 7.85. The molecule has 2 heteroatoms. The lowest BCUT2D eigenvalue weighted by atomic mass is 10.4. The summed E-state index contributed by atoms with van der Waals surface area (Å²) in [5.74, 6) is 0.794. The minimum Gasteiger partial charge on any atom is -0.451 e. The Balaban J connectivity index is 0. The number of hydrogen-bond acceptors (Lipinski definition) is 2. The molecule has 0 aliphatic rings. The molecule has 10 heavy (non-hydrogen) atoms. The Morgan fingerprint density at radius 3 is 2.30 bits per heavy atom. The summed E-state index contributed by atoms with van der Waals surface area (Å²) in [5, 5.41) is 6.52. The molecule has 0 heterocycles. The van der Waals surface area contributed by atoms with Crippen LogP contribution in [-0.4, -0.2) is 6.40 Å². The molecule has 0 bridgehead atoms. The van der Waals surface area contributed by atoms with E-state index in [1.54, 1.807) is 0 Å². The Morgan fingerprint density at radius 2 is 2.00 bits per heavy atom. The van der Waals surface area contributed by atoms with E-state index in [-0.39, 0.29) is 0 Å². The molecule has 0 saturated carbocycles. The molecule has 0 fully saturated rings. The fourth-order valence-electron chi connectivity index (χ4n) is 0.429. The molecule has 0 aliphatic carbocycles. The average Bonchev–Trinajstić information content (AvgIpc) is 1.93. The first-order chi connectivity index (χ1) is 4.81. The van der Waals surface area contributed by atoms with Gasteiger partial charge >= 0.3 is 0 Å². The molecule has 2 nitrogen and oxygen atoms in total. The SMILES string of the molecule is CC.CC/C=C(/C)OC=N. The van der Waals surface area contributed by atoms with Gasteiger partial charge in [0.2, 0.25) is 0 Å². The number of rotatable bonds is 3. The fraction of sp³-hybridized carbons (Fsp3) is 0.625. The first-order valence-electron chi connectivity index (χ1n) is 3.63. The second-order valence-electron chi connectivity index (χ2n) is 1.46. The Bertz CT molecular complexity index is 97.4. The van der Waals surface area contributed by atoms with Crippen LogP contribution >= 0.6 is 0 Å². The molecule has 0 amide bonds. The Kier molecular flexibility index (Phi) is 13.2. The summed E-state index contributed by atoms with van der Waals surface area (Å²) in [6, 6.07) is 0. The number of allylic oxidation sites excluding steroid dienone is 2. The highest BCUT2D eigenvalue weighted by molar-refractivity contribution is 5.43. The molecule has 0 saturated heterocycles. The van der Waals surface area contributed by atoms with Gasteiger partial charge in [-0.05, 0) is 19.4 Å². The van der Waals surface area contributed by atoms with Crippen LogP contribution in [0.3, 0.4) is 0 Å². The third-order valence-electron chi connectivity index (χ3n) is 0.736. The van der Waals surface area contributed by atoms with E-state index < -0.39 is 0 Å². The summed E-state index contributed by atoms with van der Waals surface area (Å²) in [6.07, 6.45) is 3.81. The van der Waals surface area contributed by atoms with Gasteiger partial charge in [0.15, 0.2) is 6.40 Å². The van der Waals surface area contributed by atoms with Crippen LogP contribution in [0.5, 0.6) is 0 Å². The van der Waals surface area contributed by atoms with Crippen molar-refractivity contribution in [2.24, 2.45) is 0 Å². The second kappa shape index (κ2) is 11.1. The lowest BCUT2D eigenvalue weighted by Gasteiger charge is -1.93. The molecule has 0 radical (unpaired) electrons.